The Labute approximate surface area is 113 Å². The molecule has 0 aliphatic heterocycles. The van der Waals surface area contributed by atoms with Gasteiger partial charge in [0.25, 0.3) is 0 Å². The molecule has 19 heavy (non-hydrogen) atoms. The molecule has 5 rings (SSSR count). The molecule has 0 N–H and O–H groups in total. The molecule has 3 aliphatic rings. The Morgan fingerprint density at radius 2 is 2.00 bits per heavy atom. The highest BCUT2D eigenvalue weighted by Crippen LogP contribution is 2.55. The SMILES string of the molecule is c1cn2cncc2c(CC2CC3CC3C2)c1C1CC1. The van der Waals surface area contributed by atoms with Crippen LogP contribution in [0.1, 0.15) is 49.1 Å². The van der Waals surface area contributed by atoms with Crippen molar-refractivity contribution in [2.45, 2.75) is 44.4 Å². The molecule has 0 radical (unpaired) electrons. The molecule has 2 unspecified atom stereocenters. The fourth-order valence-electron chi connectivity index (χ4n) is 4.36. The van der Waals surface area contributed by atoms with Crippen LogP contribution in [0.25, 0.3) is 5.52 Å². The molecule has 0 bridgehead atoms. The average molecular weight is 252 g/mol. The van der Waals surface area contributed by atoms with Gasteiger partial charge in [0.05, 0.1) is 18.0 Å². The second kappa shape index (κ2) is 3.62. The highest BCUT2D eigenvalue weighted by Gasteiger charge is 2.45. The molecular formula is C17H20N2. The summed E-state index contributed by atoms with van der Waals surface area (Å²) in [5.41, 5.74) is 4.62. The third-order valence-electron chi connectivity index (χ3n) is 5.59. The number of imidazole rings is 1. The van der Waals surface area contributed by atoms with Gasteiger partial charge in [0.1, 0.15) is 0 Å². The molecule has 2 atom stereocenters. The van der Waals surface area contributed by atoms with E-state index in [4.69, 9.17) is 0 Å². The quantitative estimate of drug-likeness (QED) is 0.812. The lowest BCUT2D eigenvalue weighted by atomic mass is 9.91. The maximum Gasteiger partial charge on any atom is 0.0992 e. The first-order valence-electron chi connectivity index (χ1n) is 7.82. The number of nitrogens with zero attached hydrogens (tertiary/aromatic N) is 2. The Morgan fingerprint density at radius 1 is 1.16 bits per heavy atom. The van der Waals surface area contributed by atoms with Crippen LogP contribution < -0.4 is 0 Å². The van der Waals surface area contributed by atoms with Crippen molar-refractivity contribution in [3.63, 3.8) is 0 Å². The number of rotatable bonds is 3. The van der Waals surface area contributed by atoms with Crippen molar-refractivity contribution in [1.29, 1.82) is 0 Å². The van der Waals surface area contributed by atoms with Crippen LogP contribution in [0, 0.1) is 17.8 Å². The molecule has 0 amide bonds. The number of pyridine rings is 1. The number of aromatic nitrogens is 2. The van der Waals surface area contributed by atoms with E-state index >= 15 is 0 Å². The number of fused-ring (bicyclic) bond motifs is 2. The third-order valence-corrected chi connectivity index (χ3v) is 5.59. The van der Waals surface area contributed by atoms with Crippen LogP contribution in [0.4, 0.5) is 0 Å². The van der Waals surface area contributed by atoms with Gasteiger partial charge in [-0.25, -0.2) is 4.98 Å². The van der Waals surface area contributed by atoms with Gasteiger partial charge in [0, 0.05) is 6.20 Å². The lowest BCUT2D eigenvalue weighted by molar-refractivity contribution is 0.484. The zero-order chi connectivity index (χ0) is 12.4. The van der Waals surface area contributed by atoms with Crippen molar-refractivity contribution in [2.75, 3.05) is 0 Å². The minimum absolute atomic E-state index is 0.853. The van der Waals surface area contributed by atoms with E-state index < -0.39 is 0 Å². The maximum atomic E-state index is 4.34. The summed E-state index contributed by atoms with van der Waals surface area (Å²) in [6.45, 7) is 0. The van der Waals surface area contributed by atoms with Crippen LogP contribution in [0.5, 0.6) is 0 Å². The molecule has 2 nitrogen and oxygen atoms in total. The minimum Gasteiger partial charge on any atom is -0.306 e. The molecule has 2 aromatic heterocycles. The molecule has 2 heterocycles. The molecule has 0 saturated heterocycles. The Hall–Kier alpha value is -1.31. The Balaban J connectivity index is 1.55. The van der Waals surface area contributed by atoms with Crippen LogP contribution in [-0.4, -0.2) is 9.38 Å². The van der Waals surface area contributed by atoms with Crippen molar-refractivity contribution in [1.82, 2.24) is 9.38 Å². The van der Waals surface area contributed by atoms with Crippen LogP contribution in [0.2, 0.25) is 0 Å². The summed E-state index contributed by atoms with van der Waals surface area (Å²) in [4.78, 5) is 4.34. The highest BCUT2D eigenvalue weighted by molar-refractivity contribution is 5.58. The Kier molecular flexibility index (Phi) is 2.00. The van der Waals surface area contributed by atoms with E-state index in [1.54, 1.807) is 11.1 Å². The standard InChI is InChI=1S/C17H20N2/c1-2-12(1)15-3-4-19-10-18-9-17(19)16(15)7-11-5-13-8-14(13)6-11/h3-4,9-14H,1-2,5-8H2. The van der Waals surface area contributed by atoms with Gasteiger partial charge in [-0.2, -0.15) is 0 Å². The van der Waals surface area contributed by atoms with Gasteiger partial charge in [-0.15, -0.1) is 0 Å². The summed E-state index contributed by atoms with van der Waals surface area (Å²) in [5, 5.41) is 0. The number of hydrogen-bond donors (Lipinski definition) is 0. The molecule has 98 valence electrons. The van der Waals surface area contributed by atoms with Crippen molar-refractivity contribution in [3.05, 3.63) is 35.9 Å². The van der Waals surface area contributed by atoms with E-state index in [0.29, 0.717) is 0 Å². The van der Waals surface area contributed by atoms with E-state index in [1.807, 2.05) is 6.33 Å². The zero-order valence-corrected chi connectivity index (χ0v) is 11.3. The van der Waals surface area contributed by atoms with Gasteiger partial charge in [-0.1, -0.05) is 0 Å². The molecule has 2 heteroatoms. The molecule has 0 aromatic carbocycles. The van der Waals surface area contributed by atoms with E-state index in [1.165, 1.54) is 44.0 Å². The summed E-state index contributed by atoms with van der Waals surface area (Å²) in [5.74, 6) is 3.99. The van der Waals surface area contributed by atoms with Gasteiger partial charge in [0.2, 0.25) is 0 Å². The predicted molar refractivity (Wildman–Crippen MR) is 75.2 cm³/mol. The second-order valence-electron chi connectivity index (χ2n) is 7.01. The third kappa shape index (κ3) is 1.65. The lowest BCUT2D eigenvalue weighted by Gasteiger charge is -2.16. The summed E-state index contributed by atoms with van der Waals surface area (Å²) in [6.07, 6.45) is 14.8. The van der Waals surface area contributed by atoms with Gasteiger partial charge < -0.3 is 4.40 Å². The summed E-state index contributed by atoms with van der Waals surface area (Å²) < 4.78 is 2.21. The van der Waals surface area contributed by atoms with Crippen molar-refractivity contribution >= 4 is 5.52 Å². The highest BCUT2D eigenvalue weighted by atomic mass is 15.0. The maximum absolute atomic E-state index is 4.34. The second-order valence-corrected chi connectivity index (χ2v) is 7.01. The van der Waals surface area contributed by atoms with Crippen LogP contribution in [-0.2, 0) is 6.42 Å². The molecule has 3 fully saturated rings. The first-order chi connectivity index (χ1) is 9.38. The molecular weight excluding hydrogens is 232 g/mol. The number of hydrogen-bond acceptors (Lipinski definition) is 1. The van der Waals surface area contributed by atoms with Crippen molar-refractivity contribution < 1.29 is 0 Å². The normalized spacial score (nSPS) is 32.7. The Morgan fingerprint density at radius 3 is 2.79 bits per heavy atom. The smallest absolute Gasteiger partial charge is 0.0992 e. The monoisotopic (exact) mass is 252 g/mol. The van der Waals surface area contributed by atoms with E-state index in [2.05, 4.69) is 27.8 Å². The average Bonchev–Trinajstić information content (AvgIpc) is 3.30. The molecule has 3 saturated carbocycles. The molecule has 3 aliphatic carbocycles. The van der Waals surface area contributed by atoms with Gasteiger partial charge in [-0.05, 0) is 79.4 Å². The first-order valence-corrected chi connectivity index (χ1v) is 7.82. The predicted octanol–water partition coefficient (Wildman–Crippen LogP) is 3.80. The fraction of sp³-hybridized carbons (Fsp3) is 0.588. The van der Waals surface area contributed by atoms with E-state index in [0.717, 1.165) is 23.7 Å². The fourth-order valence-corrected chi connectivity index (χ4v) is 4.36. The topological polar surface area (TPSA) is 17.3 Å². The van der Waals surface area contributed by atoms with Gasteiger partial charge in [0.15, 0.2) is 0 Å². The summed E-state index contributed by atoms with van der Waals surface area (Å²) >= 11 is 0. The van der Waals surface area contributed by atoms with E-state index in [9.17, 15) is 0 Å². The van der Waals surface area contributed by atoms with Crippen molar-refractivity contribution in [3.8, 4) is 0 Å². The molecule has 0 spiro atoms. The minimum atomic E-state index is 0.853. The van der Waals surface area contributed by atoms with Gasteiger partial charge >= 0.3 is 0 Å². The Bertz CT molecular complexity index is 628. The molecule has 2 aromatic rings. The van der Waals surface area contributed by atoms with E-state index in [-0.39, 0.29) is 0 Å². The zero-order valence-electron chi connectivity index (χ0n) is 11.3. The lowest BCUT2D eigenvalue weighted by Crippen LogP contribution is -2.06. The van der Waals surface area contributed by atoms with Gasteiger partial charge in [-0.3, -0.25) is 0 Å². The summed E-state index contributed by atoms with van der Waals surface area (Å²) in [6, 6.07) is 2.36. The largest absolute Gasteiger partial charge is 0.306 e. The van der Waals surface area contributed by atoms with Crippen LogP contribution in [0.15, 0.2) is 24.8 Å². The van der Waals surface area contributed by atoms with Crippen LogP contribution in [0.3, 0.4) is 0 Å². The summed E-state index contributed by atoms with van der Waals surface area (Å²) in [7, 11) is 0. The van der Waals surface area contributed by atoms with Crippen LogP contribution >= 0.6 is 0 Å². The first kappa shape index (κ1) is 10.5. The van der Waals surface area contributed by atoms with Crippen molar-refractivity contribution in [2.24, 2.45) is 17.8 Å².